The van der Waals surface area contributed by atoms with Gasteiger partial charge in [-0.2, -0.15) is 13.2 Å². The van der Waals surface area contributed by atoms with E-state index in [9.17, 15) is 32.3 Å². The zero-order valence-electron chi connectivity index (χ0n) is 13.3. The Morgan fingerprint density at radius 2 is 1.85 bits per heavy atom. The average Bonchev–Trinajstić information content (AvgIpc) is 3.03. The Balaban J connectivity index is 1.77. The lowest BCUT2D eigenvalue weighted by molar-refractivity contribution is -0.149. The number of alkyl halides is 3. The van der Waals surface area contributed by atoms with Crippen LogP contribution in [-0.2, 0) is 20.5 Å². The number of hydrogen-bond acceptors (Lipinski definition) is 5. The molecule has 0 saturated carbocycles. The number of benzene rings is 1. The van der Waals surface area contributed by atoms with Crippen molar-refractivity contribution in [2.45, 2.75) is 6.18 Å². The van der Waals surface area contributed by atoms with Crippen molar-refractivity contribution in [1.82, 2.24) is 15.5 Å². The predicted octanol–water partition coefficient (Wildman–Crippen LogP) is 0.530. The second kappa shape index (κ2) is 7.85. The average molecular weight is 373 g/mol. The molecule has 11 heteroatoms. The van der Waals surface area contributed by atoms with Gasteiger partial charge in [0.25, 0.3) is 11.8 Å². The van der Waals surface area contributed by atoms with E-state index in [0.29, 0.717) is 6.54 Å². The fourth-order valence-electron chi connectivity index (χ4n) is 2.05. The number of rotatable bonds is 5. The number of ether oxygens (including phenoxy) is 1. The molecule has 0 aliphatic carbocycles. The summed E-state index contributed by atoms with van der Waals surface area (Å²) in [4.78, 5) is 47.0. The first-order valence-electron chi connectivity index (χ1n) is 7.38. The zero-order chi connectivity index (χ0) is 19.3. The summed E-state index contributed by atoms with van der Waals surface area (Å²) in [6.45, 7) is -0.774. The van der Waals surface area contributed by atoms with Crippen LogP contribution in [0.2, 0.25) is 0 Å². The number of carbonyl (C=O) groups is 4. The monoisotopic (exact) mass is 373 g/mol. The van der Waals surface area contributed by atoms with Gasteiger partial charge in [-0.3, -0.25) is 19.3 Å². The quantitative estimate of drug-likeness (QED) is 0.733. The number of amides is 4. The molecule has 1 aromatic rings. The summed E-state index contributed by atoms with van der Waals surface area (Å²) in [5.74, 6) is -2.42. The molecule has 0 radical (unpaired) electrons. The van der Waals surface area contributed by atoms with Crippen molar-refractivity contribution in [3.05, 3.63) is 35.4 Å². The van der Waals surface area contributed by atoms with E-state index in [-0.39, 0.29) is 12.1 Å². The van der Waals surface area contributed by atoms with Crippen LogP contribution in [0.3, 0.4) is 0 Å². The molecular weight excluding hydrogens is 359 g/mol. The maximum Gasteiger partial charge on any atom is 0.416 e. The van der Waals surface area contributed by atoms with E-state index in [1.165, 1.54) is 0 Å². The molecule has 1 aliphatic rings. The highest BCUT2D eigenvalue weighted by atomic mass is 19.4. The van der Waals surface area contributed by atoms with Crippen LogP contribution in [-0.4, -0.2) is 55.0 Å². The maximum absolute atomic E-state index is 12.4. The summed E-state index contributed by atoms with van der Waals surface area (Å²) in [5.41, 5.74) is -0.978. The third-order valence-electron chi connectivity index (χ3n) is 3.38. The summed E-state index contributed by atoms with van der Waals surface area (Å²) >= 11 is 0. The van der Waals surface area contributed by atoms with Gasteiger partial charge in [0.05, 0.1) is 5.56 Å². The van der Waals surface area contributed by atoms with Crippen molar-refractivity contribution >= 4 is 23.8 Å². The van der Waals surface area contributed by atoms with E-state index in [0.717, 1.165) is 29.2 Å². The molecule has 1 fully saturated rings. The minimum Gasteiger partial charge on any atom is -0.454 e. The van der Waals surface area contributed by atoms with Gasteiger partial charge in [-0.1, -0.05) is 0 Å². The van der Waals surface area contributed by atoms with Crippen molar-refractivity contribution in [3.63, 3.8) is 0 Å². The number of hydrogen-bond donors (Lipinski definition) is 2. The third-order valence-corrected chi connectivity index (χ3v) is 3.38. The van der Waals surface area contributed by atoms with Crippen molar-refractivity contribution in [1.29, 1.82) is 0 Å². The number of esters is 1. The number of carbonyl (C=O) groups excluding carboxylic acids is 4. The number of nitrogens with one attached hydrogen (secondary N) is 2. The lowest BCUT2D eigenvalue weighted by Gasteiger charge is -2.12. The Morgan fingerprint density at radius 3 is 2.38 bits per heavy atom. The van der Waals surface area contributed by atoms with Crippen LogP contribution in [0, 0.1) is 0 Å². The Labute approximate surface area is 145 Å². The molecule has 0 aromatic heterocycles. The standard InChI is InChI=1S/C15H14F3N3O5/c16-15(17,18)10-3-1-9(2-4-10)13(24)20-7-12(23)26-8-11(22)21-6-5-19-14(21)25/h1-4H,5-8H2,(H,19,25)(H,20,24). The van der Waals surface area contributed by atoms with E-state index in [2.05, 4.69) is 15.4 Å². The highest BCUT2D eigenvalue weighted by Crippen LogP contribution is 2.29. The molecule has 0 bridgehead atoms. The van der Waals surface area contributed by atoms with Crippen molar-refractivity contribution in [3.8, 4) is 0 Å². The number of nitrogens with zero attached hydrogens (tertiary/aromatic N) is 1. The predicted molar refractivity (Wildman–Crippen MR) is 79.8 cm³/mol. The first-order valence-corrected chi connectivity index (χ1v) is 7.38. The Kier molecular flexibility index (Phi) is 5.80. The summed E-state index contributed by atoms with van der Waals surface area (Å²) in [5, 5.41) is 4.57. The highest BCUT2D eigenvalue weighted by molar-refractivity contribution is 5.98. The molecule has 0 unspecified atom stereocenters. The molecule has 1 aliphatic heterocycles. The first kappa shape index (κ1) is 19.2. The molecule has 1 heterocycles. The molecular formula is C15H14F3N3O5. The third kappa shape index (κ3) is 4.94. The van der Waals surface area contributed by atoms with Crippen LogP contribution in [0.4, 0.5) is 18.0 Å². The van der Waals surface area contributed by atoms with Crippen LogP contribution in [0.5, 0.6) is 0 Å². The smallest absolute Gasteiger partial charge is 0.416 e. The van der Waals surface area contributed by atoms with Gasteiger partial charge < -0.3 is 15.4 Å². The Bertz CT molecular complexity index is 718. The molecule has 0 spiro atoms. The Morgan fingerprint density at radius 1 is 1.19 bits per heavy atom. The Hall–Kier alpha value is -3.11. The number of urea groups is 1. The minimum absolute atomic E-state index is 0.0735. The molecule has 1 saturated heterocycles. The van der Waals surface area contributed by atoms with Gasteiger partial charge in [0.15, 0.2) is 6.61 Å². The van der Waals surface area contributed by atoms with Crippen LogP contribution in [0.25, 0.3) is 0 Å². The van der Waals surface area contributed by atoms with Gasteiger partial charge in [-0.05, 0) is 24.3 Å². The van der Waals surface area contributed by atoms with E-state index < -0.39 is 48.7 Å². The van der Waals surface area contributed by atoms with E-state index in [1.807, 2.05) is 0 Å². The van der Waals surface area contributed by atoms with Crippen LogP contribution in [0.1, 0.15) is 15.9 Å². The van der Waals surface area contributed by atoms with Gasteiger partial charge >= 0.3 is 18.2 Å². The molecule has 2 rings (SSSR count). The minimum atomic E-state index is -4.52. The normalized spacial score (nSPS) is 14.0. The van der Waals surface area contributed by atoms with Crippen molar-refractivity contribution in [2.24, 2.45) is 0 Å². The van der Waals surface area contributed by atoms with Crippen LogP contribution >= 0.6 is 0 Å². The molecule has 1 aromatic carbocycles. The molecule has 2 N–H and O–H groups in total. The van der Waals surface area contributed by atoms with Crippen LogP contribution in [0.15, 0.2) is 24.3 Å². The van der Waals surface area contributed by atoms with Crippen molar-refractivity contribution < 1.29 is 37.1 Å². The maximum atomic E-state index is 12.4. The van der Waals surface area contributed by atoms with E-state index in [4.69, 9.17) is 0 Å². The van der Waals surface area contributed by atoms with Gasteiger partial charge in [-0.25, -0.2) is 4.79 Å². The van der Waals surface area contributed by atoms with Crippen molar-refractivity contribution in [2.75, 3.05) is 26.2 Å². The summed E-state index contributed by atoms with van der Waals surface area (Å²) in [6, 6.07) is 2.85. The lowest BCUT2D eigenvalue weighted by atomic mass is 10.1. The largest absolute Gasteiger partial charge is 0.454 e. The second-order valence-corrected chi connectivity index (χ2v) is 5.20. The second-order valence-electron chi connectivity index (χ2n) is 5.20. The fourth-order valence-corrected chi connectivity index (χ4v) is 2.05. The van der Waals surface area contributed by atoms with E-state index >= 15 is 0 Å². The number of imide groups is 1. The molecule has 4 amide bonds. The highest BCUT2D eigenvalue weighted by Gasteiger charge is 2.30. The van der Waals surface area contributed by atoms with Gasteiger partial charge in [0.1, 0.15) is 6.54 Å². The SMILES string of the molecule is O=C(CNC(=O)c1ccc(C(F)(F)F)cc1)OCC(=O)N1CCNC1=O. The van der Waals surface area contributed by atoms with Gasteiger partial charge in [0.2, 0.25) is 0 Å². The van der Waals surface area contributed by atoms with Gasteiger partial charge in [0, 0.05) is 18.7 Å². The molecule has 26 heavy (non-hydrogen) atoms. The first-order chi connectivity index (χ1) is 12.2. The zero-order valence-corrected chi connectivity index (χ0v) is 13.3. The molecule has 140 valence electrons. The summed E-state index contributed by atoms with van der Waals surface area (Å²) in [7, 11) is 0. The summed E-state index contributed by atoms with van der Waals surface area (Å²) < 4.78 is 42.0. The number of halogens is 3. The molecule has 0 atom stereocenters. The molecule has 8 nitrogen and oxygen atoms in total. The van der Waals surface area contributed by atoms with E-state index in [1.54, 1.807) is 0 Å². The fraction of sp³-hybridized carbons (Fsp3) is 0.333. The lowest BCUT2D eigenvalue weighted by Crippen LogP contribution is -2.38. The van der Waals surface area contributed by atoms with Crippen LogP contribution < -0.4 is 10.6 Å². The summed E-state index contributed by atoms with van der Waals surface area (Å²) in [6.07, 6.45) is -4.52. The topological polar surface area (TPSA) is 105 Å². The van der Waals surface area contributed by atoms with Gasteiger partial charge in [-0.15, -0.1) is 0 Å².